The number of nitriles is 1. The summed E-state index contributed by atoms with van der Waals surface area (Å²) in [6.45, 7) is 2.27. The fourth-order valence-corrected chi connectivity index (χ4v) is 1.93. The lowest BCUT2D eigenvalue weighted by atomic mass is 10.0. The summed E-state index contributed by atoms with van der Waals surface area (Å²) in [7, 11) is 0. The van der Waals surface area contributed by atoms with Crippen LogP contribution in [0.2, 0.25) is 0 Å². The van der Waals surface area contributed by atoms with Gasteiger partial charge < -0.3 is 10.1 Å². The number of hydrogen-bond acceptors (Lipinski definition) is 3. The van der Waals surface area contributed by atoms with Crippen LogP contribution in [0.4, 0.5) is 10.1 Å². The summed E-state index contributed by atoms with van der Waals surface area (Å²) in [5.41, 5.74) is -0.452. The number of anilines is 1. The van der Waals surface area contributed by atoms with E-state index in [9.17, 15) is 9.18 Å². The van der Waals surface area contributed by atoms with E-state index in [0.717, 1.165) is 12.5 Å². The van der Waals surface area contributed by atoms with Gasteiger partial charge in [0, 0.05) is 6.61 Å². The summed E-state index contributed by atoms with van der Waals surface area (Å²) in [5.74, 6) is -0.809. The quantitative estimate of drug-likeness (QED) is 0.872. The molecule has 1 atom stereocenters. The lowest BCUT2D eigenvalue weighted by Gasteiger charge is -2.22. The van der Waals surface area contributed by atoms with Crippen LogP contribution in [0, 0.1) is 17.1 Å². The molecule has 0 radical (unpaired) electrons. The van der Waals surface area contributed by atoms with E-state index < -0.39 is 11.4 Å². The van der Waals surface area contributed by atoms with Gasteiger partial charge in [0.25, 0.3) is 5.91 Å². The average Bonchev–Trinajstić information content (AvgIpc) is 2.79. The Labute approximate surface area is 104 Å². The Balaban J connectivity index is 2.19. The van der Waals surface area contributed by atoms with Gasteiger partial charge in [0.2, 0.25) is 0 Å². The molecule has 18 heavy (non-hydrogen) atoms. The van der Waals surface area contributed by atoms with Gasteiger partial charge >= 0.3 is 0 Å². The van der Waals surface area contributed by atoms with Crippen LogP contribution in [0.15, 0.2) is 18.2 Å². The normalized spacial score (nSPS) is 22.5. The third kappa shape index (κ3) is 2.34. The van der Waals surface area contributed by atoms with Crippen LogP contribution in [0.1, 0.15) is 25.3 Å². The maximum absolute atomic E-state index is 13.0. The molecule has 1 heterocycles. The van der Waals surface area contributed by atoms with Gasteiger partial charge in [-0.05, 0) is 38.0 Å². The second-order valence-electron chi connectivity index (χ2n) is 4.44. The van der Waals surface area contributed by atoms with Crippen molar-refractivity contribution in [2.45, 2.75) is 25.4 Å². The maximum Gasteiger partial charge on any atom is 0.256 e. The van der Waals surface area contributed by atoms with Gasteiger partial charge in [0.05, 0.1) is 11.3 Å². The van der Waals surface area contributed by atoms with Gasteiger partial charge in [0.15, 0.2) is 0 Å². The smallest absolute Gasteiger partial charge is 0.256 e. The Morgan fingerprint density at radius 1 is 1.61 bits per heavy atom. The number of amides is 1. The second kappa shape index (κ2) is 4.75. The zero-order valence-electron chi connectivity index (χ0n) is 10.00. The topological polar surface area (TPSA) is 62.1 Å². The lowest BCUT2D eigenvalue weighted by molar-refractivity contribution is -0.133. The van der Waals surface area contributed by atoms with E-state index in [1.807, 2.05) is 6.07 Å². The number of nitrogens with one attached hydrogen (secondary N) is 1. The van der Waals surface area contributed by atoms with Gasteiger partial charge in [-0.3, -0.25) is 4.79 Å². The van der Waals surface area contributed by atoms with Crippen molar-refractivity contribution in [3.63, 3.8) is 0 Å². The number of carbonyl (C=O) groups is 1. The van der Waals surface area contributed by atoms with Crippen molar-refractivity contribution >= 4 is 11.6 Å². The van der Waals surface area contributed by atoms with E-state index in [1.165, 1.54) is 12.1 Å². The van der Waals surface area contributed by atoms with Crippen LogP contribution in [0.3, 0.4) is 0 Å². The summed E-state index contributed by atoms with van der Waals surface area (Å²) in [6.07, 6.45) is 1.47. The van der Waals surface area contributed by atoms with Crippen LogP contribution in [0.5, 0.6) is 0 Å². The molecule has 4 nitrogen and oxygen atoms in total. The summed E-state index contributed by atoms with van der Waals surface area (Å²) >= 11 is 0. The first-order valence-electron chi connectivity index (χ1n) is 5.70. The van der Waals surface area contributed by atoms with Crippen LogP contribution in [-0.4, -0.2) is 18.1 Å². The van der Waals surface area contributed by atoms with E-state index in [0.29, 0.717) is 18.7 Å². The van der Waals surface area contributed by atoms with E-state index in [-0.39, 0.29) is 11.5 Å². The molecular weight excluding hydrogens is 235 g/mol. The molecular formula is C13H13FN2O2. The number of rotatable bonds is 2. The molecule has 0 saturated carbocycles. The van der Waals surface area contributed by atoms with E-state index in [1.54, 1.807) is 6.92 Å². The SMILES string of the molecule is CC1(C(=O)Nc2ccc(F)cc2C#N)CCCO1. The van der Waals surface area contributed by atoms with Crippen molar-refractivity contribution in [2.75, 3.05) is 11.9 Å². The van der Waals surface area contributed by atoms with Crippen molar-refractivity contribution in [1.29, 1.82) is 5.26 Å². The molecule has 0 bridgehead atoms. The molecule has 2 rings (SSSR count). The van der Waals surface area contributed by atoms with E-state index in [4.69, 9.17) is 10.00 Å². The predicted octanol–water partition coefficient (Wildman–Crippen LogP) is 2.20. The molecule has 1 N–H and O–H groups in total. The average molecular weight is 248 g/mol. The maximum atomic E-state index is 13.0. The van der Waals surface area contributed by atoms with Crippen LogP contribution < -0.4 is 5.32 Å². The Kier molecular flexibility index (Phi) is 3.30. The number of hydrogen-bond donors (Lipinski definition) is 1. The molecule has 1 fully saturated rings. The first-order chi connectivity index (χ1) is 8.55. The minimum atomic E-state index is -0.860. The van der Waals surface area contributed by atoms with E-state index in [2.05, 4.69) is 5.32 Å². The Morgan fingerprint density at radius 3 is 3.00 bits per heavy atom. The van der Waals surface area contributed by atoms with Crippen LogP contribution in [0.25, 0.3) is 0 Å². The number of nitrogens with zero attached hydrogens (tertiary/aromatic N) is 1. The van der Waals surface area contributed by atoms with Gasteiger partial charge in [-0.1, -0.05) is 0 Å². The number of carbonyl (C=O) groups excluding carboxylic acids is 1. The summed E-state index contributed by atoms with van der Waals surface area (Å²) in [4.78, 5) is 12.1. The molecule has 0 spiro atoms. The highest BCUT2D eigenvalue weighted by Gasteiger charge is 2.37. The highest BCUT2D eigenvalue weighted by Crippen LogP contribution is 2.27. The predicted molar refractivity (Wildman–Crippen MR) is 63.3 cm³/mol. The molecule has 1 aromatic carbocycles. The molecule has 1 aromatic rings. The van der Waals surface area contributed by atoms with Gasteiger partial charge in [0.1, 0.15) is 17.5 Å². The summed E-state index contributed by atoms with van der Waals surface area (Å²) in [6, 6.07) is 5.52. The van der Waals surface area contributed by atoms with Crippen LogP contribution in [-0.2, 0) is 9.53 Å². The zero-order chi connectivity index (χ0) is 13.2. The van der Waals surface area contributed by atoms with Crippen molar-refractivity contribution in [1.82, 2.24) is 0 Å². The van der Waals surface area contributed by atoms with Crippen molar-refractivity contribution in [3.8, 4) is 6.07 Å². The molecule has 0 aliphatic carbocycles. The number of halogens is 1. The Bertz CT molecular complexity index is 516. The Hall–Kier alpha value is -1.93. The first kappa shape index (κ1) is 12.5. The molecule has 0 aromatic heterocycles. The highest BCUT2D eigenvalue weighted by molar-refractivity contribution is 5.98. The largest absolute Gasteiger partial charge is 0.365 e. The minimum Gasteiger partial charge on any atom is -0.365 e. The second-order valence-corrected chi connectivity index (χ2v) is 4.44. The number of benzene rings is 1. The van der Waals surface area contributed by atoms with Gasteiger partial charge in [-0.15, -0.1) is 0 Å². The molecule has 1 aliphatic rings. The third-order valence-corrected chi connectivity index (χ3v) is 3.05. The van der Waals surface area contributed by atoms with Gasteiger partial charge in [-0.2, -0.15) is 5.26 Å². The summed E-state index contributed by atoms with van der Waals surface area (Å²) < 4.78 is 18.4. The zero-order valence-corrected chi connectivity index (χ0v) is 10.00. The highest BCUT2D eigenvalue weighted by atomic mass is 19.1. The summed E-state index contributed by atoms with van der Waals surface area (Å²) in [5, 5.41) is 11.5. The van der Waals surface area contributed by atoms with Crippen LogP contribution >= 0.6 is 0 Å². The molecule has 1 saturated heterocycles. The standard InChI is InChI=1S/C13H13FN2O2/c1-13(5-2-6-18-13)12(17)16-11-4-3-10(14)7-9(11)8-15/h3-4,7H,2,5-6H2,1H3,(H,16,17). The molecule has 94 valence electrons. The fraction of sp³-hybridized carbons (Fsp3) is 0.385. The fourth-order valence-electron chi connectivity index (χ4n) is 1.93. The van der Waals surface area contributed by atoms with E-state index >= 15 is 0 Å². The van der Waals surface area contributed by atoms with Crippen molar-refractivity contribution in [3.05, 3.63) is 29.6 Å². The monoisotopic (exact) mass is 248 g/mol. The molecule has 1 unspecified atom stereocenters. The third-order valence-electron chi connectivity index (χ3n) is 3.05. The van der Waals surface area contributed by atoms with Crippen molar-refractivity contribution in [2.24, 2.45) is 0 Å². The minimum absolute atomic E-state index is 0.102. The Morgan fingerprint density at radius 2 is 2.39 bits per heavy atom. The molecule has 1 aliphatic heterocycles. The number of ether oxygens (including phenoxy) is 1. The molecule has 1 amide bonds. The van der Waals surface area contributed by atoms with Crippen molar-refractivity contribution < 1.29 is 13.9 Å². The first-order valence-corrected chi connectivity index (χ1v) is 5.70. The lowest BCUT2D eigenvalue weighted by Crippen LogP contribution is -2.39. The molecule has 5 heteroatoms. The van der Waals surface area contributed by atoms with Gasteiger partial charge in [-0.25, -0.2) is 4.39 Å².